The normalized spacial score (nSPS) is 23.3. The third-order valence-corrected chi connectivity index (χ3v) is 4.41. The fourth-order valence-corrected chi connectivity index (χ4v) is 3.45. The van der Waals surface area contributed by atoms with E-state index in [4.69, 9.17) is 11.6 Å². The van der Waals surface area contributed by atoms with Crippen molar-refractivity contribution in [3.63, 3.8) is 0 Å². The van der Waals surface area contributed by atoms with Crippen molar-refractivity contribution in [1.29, 1.82) is 0 Å². The van der Waals surface area contributed by atoms with Gasteiger partial charge in [0.1, 0.15) is 5.82 Å². The van der Waals surface area contributed by atoms with Gasteiger partial charge in [0.15, 0.2) is 0 Å². The lowest BCUT2D eigenvalue weighted by Gasteiger charge is -2.27. The maximum absolute atomic E-state index is 9.51. The van der Waals surface area contributed by atoms with Crippen molar-refractivity contribution in [2.45, 2.75) is 51.0 Å². The number of aryl methyl sites for hydroxylation is 1. The van der Waals surface area contributed by atoms with Gasteiger partial charge in [-0.1, -0.05) is 6.42 Å². The van der Waals surface area contributed by atoms with E-state index in [2.05, 4.69) is 14.9 Å². The second-order valence-electron chi connectivity index (χ2n) is 5.47. The van der Waals surface area contributed by atoms with Gasteiger partial charge in [0, 0.05) is 12.1 Å². The van der Waals surface area contributed by atoms with Gasteiger partial charge in [0.2, 0.25) is 5.28 Å². The highest BCUT2D eigenvalue weighted by Gasteiger charge is 2.29. The number of halogens is 1. The quantitative estimate of drug-likeness (QED) is 0.668. The van der Waals surface area contributed by atoms with Crippen molar-refractivity contribution < 1.29 is 5.11 Å². The van der Waals surface area contributed by atoms with E-state index in [1.54, 1.807) is 0 Å². The number of hydrogen-bond acceptors (Lipinski definition) is 4. The molecule has 5 heteroatoms. The number of aromatic nitrogens is 2. The minimum Gasteiger partial charge on any atom is -0.394 e. The Kier molecular flexibility index (Phi) is 3.89. The van der Waals surface area contributed by atoms with Crippen molar-refractivity contribution in [3.8, 4) is 0 Å². The summed E-state index contributed by atoms with van der Waals surface area (Å²) in [5.41, 5.74) is 2.39. The minimum atomic E-state index is 0.191. The van der Waals surface area contributed by atoms with E-state index >= 15 is 0 Å². The zero-order valence-corrected chi connectivity index (χ0v) is 11.9. The van der Waals surface area contributed by atoms with Gasteiger partial charge in [-0.05, 0) is 50.1 Å². The predicted molar refractivity (Wildman–Crippen MR) is 75.8 cm³/mol. The number of rotatable bonds is 2. The van der Waals surface area contributed by atoms with Crippen LogP contribution in [0.2, 0.25) is 5.28 Å². The Labute approximate surface area is 118 Å². The average Bonchev–Trinajstić information content (AvgIpc) is 2.76. The van der Waals surface area contributed by atoms with Gasteiger partial charge in [-0.25, -0.2) is 9.97 Å². The molecule has 0 bridgehead atoms. The van der Waals surface area contributed by atoms with E-state index in [1.807, 2.05) is 0 Å². The first kappa shape index (κ1) is 13.1. The lowest BCUT2D eigenvalue weighted by molar-refractivity contribution is 0.266. The summed E-state index contributed by atoms with van der Waals surface area (Å²) in [7, 11) is 0. The number of hydrogen-bond donors (Lipinski definition) is 1. The molecule has 1 fully saturated rings. The molecule has 1 saturated heterocycles. The Hall–Kier alpha value is -0.870. The zero-order valence-electron chi connectivity index (χ0n) is 11.1. The number of aliphatic hydroxyl groups excluding tert-OH is 1. The highest BCUT2D eigenvalue weighted by Crippen LogP contribution is 2.32. The van der Waals surface area contributed by atoms with Gasteiger partial charge in [-0.3, -0.25) is 0 Å². The molecule has 2 heterocycles. The highest BCUT2D eigenvalue weighted by atomic mass is 35.5. The smallest absolute Gasteiger partial charge is 0.224 e. The fraction of sp³-hybridized carbons (Fsp3) is 0.714. The Balaban J connectivity index is 2.02. The molecular formula is C14H20ClN3O. The van der Waals surface area contributed by atoms with Gasteiger partial charge < -0.3 is 10.0 Å². The summed E-state index contributed by atoms with van der Waals surface area (Å²) in [5, 5.41) is 9.86. The molecule has 1 aromatic rings. The molecule has 1 aliphatic heterocycles. The van der Waals surface area contributed by atoms with Crippen LogP contribution < -0.4 is 4.90 Å². The summed E-state index contributed by atoms with van der Waals surface area (Å²) in [4.78, 5) is 11.1. The summed E-state index contributed by atoms with van der Waals surface area (Å²) >= 11 is 6.09. The first-order valence-electron chi connectivity index (χ1n) is 7.22. The second kappa shape index (κ2) is 5.63. The standard InChI is InChI=1S/C14H20ClN3O/c15-14-16-12-7-3-1-2-6-11(12)13(17-14)18-8-4-5-10(18)9-19/h10,19H,1-9H2/t10-/m0/s1. The molecule has 0 aromatic carbocycles. The molecule has 0 amide bonds. The summed E-state index contributed by atoms with van der Waals surface area (Å²) in [6.07, 6.45) is 7.82. The number of anilines is 1. The van der Waals surface area contributed by atoms with Crippen LogP contribution in [-0.4, -0.2) is 34.3 Å². The molecule has 1 atom stereocenters. The molecule has 104 valence electrons. The second-order valence-corrected chi connectivity index (χ2v) is 5.81. The van der Waals surface area contributed by atoms with Gasteiger partial charge >= 0.3 is 0 Å². The van der Waals surface area contributed by atoms with Crippen molar-refractivity contribution in [1.82, 2.24) is 9.97 Å². The molecule has 19 heavy (non-hydrogen) atoms. The van der Waals surface area contributed by atoms with Crippen molar-refractivity contribution in [2.24, 2.45) is 0 Å². The molecule has 0 saturated carbocycles. The van der Waals surface area contributed by atoms with Crippen molar-refractivity contribution >= 4 is 17.4 Å². The summed E-state index contributed by atoms with van der Waals surface area (Å²) in [6.45, 7) is 1.15. The van der Waals surface area contributed by atoms with Crippen LogP contribution in [0.3, 0.4) is 0 Å². The maximum Gasteiger partial charge on any atom is 0.224 e. The van der Waals surface area contributed by atoms with Gasteiger partial charge in [-0.2, -0.15) is 0 Å². The third kappa shape index (κ3) is 2.56. The lowest BCUT2D eigenvalue weighted by Crippen LogP contribution is -2.34. The molecule has 1 N–H and O–H groups in total. The fourth-order valence-electron chi connectivity index (χ4n) is 3.26. The SMILES string of the molecule is OC[C@@H]1CCCN1c1nc(Cl)nc2c1CCCCC2. The van der Waals surface area contributed by atoms with Crippen LogP contribution in [0.4, 0.5) is 5.82 Å². The summed E-state index contributed by atoms with van der Waals surface area (Å²) < 4.78 is 0. The molecule has 0 radical (unpaired) electrons. The Morgan fingerprint density at radius 3 is 2.84 bits per heavy atom. The third-order valence-electron chi connectivity index (χ3n) is 4.24. The van der Waals surface area contributed by atoms with Crippen molar-refractivity contribution in [2.75, 3.05) is 18.1 Å². The summed E-state index contributed by atoms with van der Waals surface area (Å²) in [5.74, 6) is 0.980. The van der Waals surface area contributed by atoms with Crippen LogP contribution in [0.1, 0.15) is 43.4 Å². The number of fused-ring (bicyclic) bond motifs is 1. The lowest BCUT2D eigenvalue weighted by atomic mass is 10.1. The maximum atomic E-state index is 9.51. The predicted octanol–water partition coefficient (Wildman–Crippen LogP) is 2.36. The van der Waals surface area contributed by atoms with Crippen LogP contribution in [-0.2, 0) is 12.8 Å². The van der Waals surface area contributed by atoms with Crippen LogP contribution in [0.5, 0.6) is 0 Å². The van der Waals surface area contributed by atoms with Gasteiger partial charge in [-0.15, -0.1) is 0 Å². The first-order valence-corrected chi connectivity index (χ1v) is 7.60. The van der Waals surface area contributed by atoms with Gasteiger partial charge in [0.25, 0.3) is 0 Å². The van der Waals surface area contributed by atoms with Crippen LogP contribution >= 0.6 is 11.6 Å². The number of aliphatic hydroxyl groups is 1. The summed E-state index contributed by atoms with van der Waals surface area (Å²) in [6, 6.07) is 0.193. The topological polar surface area (TPSA) is 49.2 Å². The zero-order chi connectivity index (χ0) is 13.2. The Bertz CT molecular complexity index is 466. The molecule has 4 nitrogen and oxygen atoms in total. The van der Waals surface area contributed by atoms with Crippen LogP contribution in [0, 0.1) is 0 Å². The van der Waals surface area contributed by atoms with E-state index in [9.17, 15) is 5.11 Å². The largest absolute Gasteiger partial charge is 0.394 e. The minimum absolute atomic E-state index is 0.191. The molecule has 1 aliphatic carbocycles. The van der Waals surface area contributed by atoms with E-state index < -0.39 is 0 Å². The first-order chi connectivity index (χ1) is 9.29. The Morgan fingerprint density at radius 2 is 2.00 bits per heavy atom. The molecular weight excluding hydrogens is 262 g/mol. The Morgan fingerprint density at radius 1 is 1.16 bits per heavy atom. The van der Waals surface area contributed by atoms with Crippen LogP contribution in [0.25, 0.3) is 0 Å². The number of nitrogens with zero attached hydrogens (tertiary/aromatic N) is 3. The highest BCUT2D eigenvalue weighted by molar-refractivity contribution is 6.28. The van der Waals surface area contributed by atoms with Gasteiger partial charge in [0.05, 0.1) is 18.3 Å². The monoisotopic (exact) mass is 281 g/mol. The van der Waals surface area contributed by atoms with Crippen molar-refractivity contribution in [3.05, 3.63) is 16.5 Å². The molecule has 2 aliphatic rings. The van der Waals surface area contributed by atoms with E-state index in [-0.39, 0.29) is 12.6 Å². The molecule has 0 spiro atoms. The molecule has 1 aromatic heterocycles. The molecule has 3 rings (SSSR count). The van der Waals surface area contributed by atoms with E-state index in [1.165, 1.54) is 24.8 Å². The van der Waals surface area contributed by atoms with E-state index in [0.717, 1.165) is 43.7 Å². The van der Waals surface area contributed by atoms with Crippen LogP contribution in [0.15, 0.2) is 0 Å². The molecule has 0 unspecified atom stereocenters. The average molecular weight is 282 g/mol. The van der Waals surface area contributed by atoms with E-state index in [0.29, 0.717) is 5.28 Å².